The van der Waals surface area contributed by atoms with Gasteiger partial charge in [-0.15, -0.1) is 13.2 Å². The number of nitrogens with zero attached hydrogens (tertiary/aromatic N) is 1. The highest BCUT2D eigenvalue weighted by Crippen LogP contribution is 2.39. The second kappa shape index (κ2) is 9.20. The maximum absolute atomic E-state index is 12.6. The fourth-order valence-corrected chi connectivity index (χ4v) is 4.33. The second-order valence-corrected chi connectivity index (χ2v) is 8.16. The van der Waals surface area contributed by atoms with Gasteiger partial charge in [0.25, 0.3) is 0 Å². The number of nitrogens with two attached hydrogens (primary N) is 2. The number of nitrogens with one attached hydrogen (secondary N) is 2. The summed E-state index contributed by atoms with van der Waals surface area (Å²) in [6.07, 6.45) is -3.34. The number of hydrogen-bond acceptors (Lipinski definition) is 8. The minimum absolute atomic E-state index is 0.0464. The Kier molecular flexibility index (Phi) is 6.34. The number of alkyl halides is 3. The summed E-state index contributed by atoms with van der Waals surface area (Å²) in [5.74, 6) is -0.446. The first-order chi connectivity index (χ1) is 15.7. The van der Waals surface area contributed by atoms with E-state index in [0.29, 0.717) is 29.1 Å². The van der Waals surface area contributed by atoms with Crippen LogP contribution in [0.5, 0.6) is 5.75 Å². The number of rotatable bonds is 5. The van der Waals surface area contributed by atoms with Crippen molar-refractivity contribution in [3.05, 3.63) is 77.1 Å². The van der Waals surface area contributed by atoms with Crippen LogP contribution in [0.1, 0.15) is 11.5 Å². The second-order valence-electron chi connectivity index (χ2n) is 7.28. The highest BCUT2D eigenvalue weighted by atomic mass is 32.2. The van der Waals surface area contributed by atoms with Gasteiger partial charge >= 0.3 is 6.36 Å². The molecule has 4 rings (SSSR count). The number of anilines is 1. The fourth-order valence-electron chi connectivity index (χ4n) is 3.69. The lowest BCUT2D eigenvalue weighted by Gasteiger charge is -2.31. The number of carbonyl (C=O) groups excluding carboxylic acids is 1. The molecule has 0 saturated carbocycles. The molecule has 0 aliphatic carbocycles. The molecule has 0 bridgehead atoms. The van der Waals surface area contributed by atoms with E-state index < -0.39 is 12.3 Å². The van der Waals surface area contributed by atoms with E-state index >= 15 is 0 Å². The largest absolute Gasteiger partial charge is 0.573 e. The van der Waals surface area contributed by atoms with Crippen molar-refractivity contribution in [3.63, 3.8) is 0 Å². The van der Waals surface area contributed by atoms with E-state index in [1.807, 2.05) is 24.3 Å². The highest BCUT2D eigenvalue weighted by Gasteiger charge is 2.35. The van der Waals surface area contributed by atoms with Crippen LogP contribution in [0.15, 0.2) is 81.5 Å². The number of carbonyl (C=O) groups is 1. The van der Waals surface area contributed by atoms with Gasteiger partial charge in [-0.25, -0.2) is 4.99 Å². The third kappa shape index (κ3) is 5.15. The molecule has 33 heavy (non-hydrogen) atoms. The Bertz CT molecular complexity index is 1140. The first-order valence-corrected chi connectivity index (χ1v) is 10.7. The molecule has 2 heterocycles. The zero-order valence-electron chi connectivity index (χ0n) is 17.1. The van der Waals surface area contributed by atoms with Crippen LogP contribution in [0.25, 0.3) is 0 Å². The van der Waals surface area contributed by atoms with E-state index in [1.54, 1.807) is 0 Å². The van der Waals surface area contributed by atoms with Crippen LogP contribution < -0.4 is 26.2 Å². The summed E-state index contributed by atoms with van der Waals surface area (Å²) in [5.41, 5.74) is 15.2. The van der Waals surface area contributed by atoms with Gasteiger partial charge in [-0.2, -0.15) is 0 Å². The van der Waals surface area contributed by atoms with Crippen molar-refractivity contribution in [1.29, 1.82) is 0 Å². The lowest BCUT2D eigenvalue weighted by atomic mass is 9.79. The number of aliphatic imine (C=N–C) groups is 1. The van der Waals surface area contributed by atoms with Crippen molar-refractivity contribution in [1.82, 2.24) is 5.32 Å². The number of Topliss-reactive ketones (excluding diaryl/α,β-unsaturated/α-hetero) is 1. The summed E-state index contributed by atoms with van der Waals surface area (Å²) in [5, 5.41) is 3.02. The third-order valence-corrected chi connectivity index (χ3v) is 5.95. The van der Waals surface area contributed by atoms with Gasteiger partial charge in [-0.3, -0.25) is 4.79 Å². The van der Waals surface area contributed by atoms with Gasteiger partial charge in [0.1, 0.15) is 11.6 Å². The Balaban J connectivity index is 1.48. The SMILES string of the molecule is N/C=C1\C(N)=NC2=C(C(=O)CNC2)C1c1ccc(SNc2ccc(OC(F)(F)F)cc2)cc1. The Morgan fingerprint density at radius 2 is 1.82 bits per heavy atom. The van der Waals surface area contributed by atoms with Gasteiger partial charge < -0.3 is 26.2 Å². The van der Waals surface area contributed by atoms with E-state index in [9.17, 15) is 18.0 Å². The molecule has 11 heteroatoms. The smallest absolute Gasteiger partial charge is 0.406 e. The van der Waals surface area contributed by atoms with Crippen LogP contribution in [-0.4, -0.2) is 31.1 Å². The van der Waals surface area contributed by atoms with E-state index in [4.69, 9.17) is 11.5 Å². The van der Waals surface area contributed by atoms with Gasteiger partial charge in [-0.1, -0.05) is 12.1 Å². The maximum Gasteiger partial charge on any atom is 0.573 e. The summed E-state index contributed by atoms with van der Waals surface area (Å²) in [7, 11) is 0. The number of ether oxygens (including phenoxy) is 1. The standard InChI is InChI=1S/C22H20F3N5O2S/c23-22(24,25)32-14-5-3-13(4-6-14)30-33-15-7-1-12(2-8-15)19-16(9-26)21(27)29-17-10-28-11-18(31)20(17)19/h1-9,19,28,30H,10-11,26H2,(H2,27,29)/b16-9-. The molecule has 0 radical (unpaired) electrons. The van der Waals surface area contributed by atoms with Crippen molar-refractivity contribution in [2.45, 2.75) is 17.2 Å². The number of ketones is 1. The molecule has 0 spiro atoms. The molecular weight excluding hydrogens is 455 g/mol. The summed E-state index contributed by atoms with van der Waals surface area (Å²) < 4.78 is 43.7. The van der Waals surface area contributed by atoms with Crippen molar-refractivity contribution < 1.29 is 22.7 Å². The molecule has 1 unspecified atom stereocenters. The fraction of sp³-hybridized carbons (Fsp3) is 0.182. The van der Waals surface area contributed by atoms with Crippen LogP contribution in [0, 0.1) is 0 Å². The normalized spacial score (nSPS) is 19.8. The number of hydrogen-bond donors (Lipinski definition) is 4. The maximum atomic E-state index is 12.6. The van der Waals surface area contributed by atoms with Crippen LogP contribution >= 0.6 is 11.9 Å². The lowest BCUT2D eigenvalue weighted by molar-refractivity contribution is -0.274. The van der Waals surface area contributed by atoms with E-state index in [0.717, 1.165) is 10.5 Å². The quantitative estimate of drug-likeness (QED) is 0.490. The molecule has 2 aliphatic heterocycles. The molecule has 2 aromatic rings. The van der Waals surface area contributed by atoms with Crippen molar-refractivity contribution >= 4 is 29.3 Å². The molecule has 2 aromatic carbocycles. The summed E-state index contributed by atoms with van der Waals surface area (Å²) >= 11 is 1.29. The van der Waals surface area contributed by atoms with Crippen LogP contribution in [0.4, 0.5) is 18.9 Å². The van der Waals surface area contributed by atoms with Crippen molar-refractivity contribution in [2.24, 2.45) is 16.5 Å². The minimum Gasteiger partial charge on any atom is -0.406 e. The van der Waals surface area contributed by atoms with E-state index in [1.165, 1.54) is 42.4 Å². The average molecular weight is 475 g/mol. The molecule has 0 aromatic heterocycles. The van der Waals surface area contributed by atoms with Gasteiger partial charge in [0.15, 0.2) is 5.78 Å². The zero-order valence-corrected chi connectivity index (χ0v) is 18.0. The Morgan fingerprint density at radius 1 is 1.12 bits per heavy atom. The average Bonchev–Trinajstić information content (AvgIpc) is 2.77. The molecular formula is C22H20F3N5O2S. The van der Waals surface area contributed by atoms with Crippen molar-refractivity contribution in [2.75, 3.05) is 17.8 Å². The van der Waals surface area contributed by atoms with Gasteiger partial charge in [0, 0.05) is 40.4 Å². The Morgan fingerprint density at radius 3 is 2.45 bits per heavy atom. The Hall–Kier alpha value is -3.44. The number of benzene rings is 2. The number of amidine groups is 1. The molecule has 0 saturated heterocycles. The van der Waals surface area contributed by atoms with Crippen molar-refractivity contribution in [3.8, 4) is 5.75 Å². The summed E-state index contributed by atoms with van der Waals surface area (Å²) in [4.78, 5) is 17.8. The minimum atomic E-state index is -4.73. The van der Waals surface area contributed by atoms with Crippen LogP contribution in [-0.2, 0) is 4.79 Å². The topological polar surface area (TPSA) is 115 Å². The first-order valence-electron chi connectivity index (χ1n) is 9.87. The first kappa shape index (κ1) is 22.7. The molecule has 172 valence electrons. The molecule has 0 amide bonds. The van der Waals surface area contributed by atoms with E-state index in [-0.39, 0.29) is 23.9 Å². The summed E-state index contributed by atoms with van der Waals surface area (Å²) in [6, 6.07) is 13.0. The molecule has 0 fully saturated rings. The predicted octanol–water partition coefficient (Wildman–Crippen LogP) is 3.43. The van der Waals surface area contributed by atoms with Gasteiger partial charge in [0.2, 0.25) is 0 Å². The lowest BCUT2D eigenvalue weighted by Crippen LogP contribution is -2.39. The van der Waals surface area contributed by atoms with Crippen LogP contribution in [0.3, 0.4) is 0 Å². The van der Waals surface area contributed by atoms with Gasteiger partial charge in [-0.05, 0) is 53.9 Å². The zero-order chi connectivity index (χ0) is 23.6. The highest BCUT2D eigenvalue weighted by molar-refractivity contribution is 8.00. The Labute approximate surface area is 191 Å². The molecule has 2 aliphatic rings. The molecule has 1 atom stereocenters. The monoisotopic (exact) mass is 475 g/mol. The molecule has 7 nitrogen and oxygen atoms in total. The molecule has 6 N–H and O–H groups in total. The predicted molar refractivity (Wildman–Crippen MR) is 121 cm³/mol. The van der Waals surface area contributed by atoms with Gasteiger partial charge in [0.05, 0.1) is 12.2 Å². The third-order valence-electron chi connectivity index (χ3n) is 5.11. The number of halogens is 3. The van der Waals surface area contributed by atoms with E-state index in [2.05, 4.69) is 19.8 Å². The summed E-state index contributed by atoms with van der Waals surface area (Å²) in [6.45, 7) is 0.689. The van der Waals surface area contributed by atoms with Crippen LogP contribution in [0.2, 0.25) is 0 Å².